The fourth-order valence-corrected chi connectivity index (χ4v) is 1.66. The first-order chi connectivity index (χ1) is 10.0. The fourth-order valence-electron chi connectivity index (χ4n) is 1.66. The van der Waals surface area contributed by atoms with Crippen LogP contribution in [-0.4, -0.2) is 26.2 Å². The molecule has 112 valence electrons. The first-order valence-electron chi connectivity index (χ1n) is 6.70. The Bertz CT molecular complexity index is 573. The summed E-state index contributed by atoms with van der Waals surface area (Å²) in [5, 5.41) is 11.9. The lowest BCUT2D eigenvalue weighted by atomic mass is 10.1. The van der Waals surface area contributed by atoms with E-state index in [1.807, 2.05) is 19.9 Å². The van der Waals surface area contributed by atoms with Gasteiger partial charge in [0.15, 0.2) is 0 Å². The summed E-state index contributed by atoms with van der Waals surface area (Å²) >= 11 is 0. The van der Waals surface area contributed by atoms with Crippen molar-refractivity contribution in [3.05, 3.63) is 29.3 Å². The van der Waals surface area contributed by atoms with Gasteiger partial charge < -0.3 is 14.8 Å². The maximum absolute atomic E-state index is 12.0. The molecule has 1 amide bonds. The molecule has 1 aromatic carbocycles. The highest BCUT2D eigenvalue weighted by Gasteiger charge is 2.13. The molecule has 0 spiro atoms. The molecule has 0 heterocycles. The number of hydrogen-bond donors (Lipinski definition) is 1. The first-order valence-corrected chi connectivity index (χ1v) is 6.70. The molecule has 5 heteroatoms. The van der Waals surface area contributed by atoms with Crippen LogP contribution >= 0.6 is 0 Å². The van der Waals surface area contributed by atoms with Crippen molar-refractivity contribution < 1.29 is 14.3 Å². The first kappa shape index (κ1) is 16.6. The van der Waals surface area contributed by atoms with Gasteiger partial charge in [-0.1, -0.05) is 6.92 Å². The summed E-state index contributed by atoms with van der Waals surface area (Å²) in [4.78, 5) is 12.0. The number of amides is 1. The van der Waals surface area contributed by atoms with Crippen LogP contribution in [0.2, 0.25) is 0 Å². The van der Waals surface area contributed by atoms with E-state index in [4.69, 9.17) is 9.47 Å². The topological polar surface area (TPSA) is 71.4 Å². The van der Waals surface area contributed by atoms with Gasteiger partial charge >= 0.3 is 0 Å². The molecule has 0 aliphatic rings. The molecule has 5 nitrogen and oxygen atoms in total. The average Bonchev–Trinajstić information content (AvgIpc) is 2.51. The Morgan fingerprint density at radius 1 is 1.43 bits per heavy atom. The Hall–Kier alpha value is -2.48. The number of carbonyl (C=O) groups is 1. The Balaban J connectivity index is 3.13. The Morgan fingerprint density at radius 3 is 2.67 bits per heavy atom. The van der Waals surface area contributed by atoms with E-state index in [2.05, 4.69) is 5.32 Å². The molecule has 1 atom stereocenters. The van der Waals surface area contributed by atoms with Gasteiger partial charge in [0.05, 0.1) is 14.2 Å². The number of methoxy groups -OCH3 is 2. The molecule has 0 aromatic heterocycles. The molecule has 1 N–H and O–H groups in total. The predicted octanol–water partition coefficient (Wildman–Crippen LogP) is 2.53. The maximum atomic E-state index is 12.0. The van der Waals surface area contributed by atoms with Gasteiger partial charge in [0.1, 0.15) is 23.1 Å². The van der Waals surface area contributed by atoms with Crippen LogP contribution in [0, 0.1) is 11.3 Å². The molecule has 0 saturated carbocycles. The monoisotopic (exact) mass is 288 g/mol. The number of carbonyl (C=O) groups excluding carboxylic acids is 1. The van der Waals surface area contributed by atoms with Crippen LogP contribution in [0.4, 0.5) is 0 Å². The standard InChI is InChI=1S/C16H20N2O3/c1-5-11(2)18-16(19)13(10-17)8-12-9-14(20-3)6-7-15(12)21-4/h6-9,11H,5H2,1-4H3,(H,18,19)/b13-8+/t11-/m1/s1. The number of nitrogens with one attached hydrogen (secondary N) is 1. The Kier molecular flexibility index (Phi) is 6.28. The highest BCUT2D eigenvalue weighted by Crippen LogP contribution is 2.26. The van der Waals surface area contributed by atoms with Gasteiger partial charge in [-0.25, -0.2) is 0 Å². The number of ether oxygens (including phenoxy) is 2. The van der Waals surface area contributed by atoms with E-state index < -0.39 is 5.91 Å². The Morgan fingerprint density at radius 2 is 2.14 bits per heavy atom. The van der Waals surface area contributed by atoms with Crippen LogP contribution in [-0.2, 0) is 4.79 Å². The molecule has 0 unspecified atom stereocenters. The molecule has 0 radical (unpaired) electrons. The molecule has 1 aromatic rings. The molecular weight excluding hydrogens is 268 g/mol. The van der Waals surface area contributed by atoms with Crippen LogP contribution in [0.25, 0.3) is 6.08 Å². The summed E-state index contributed by atoms with van der Waals surface area (Å²) < 4.78 is 10.4. The second kappa shape index (κ2) is 7.95. The quantitative estimate of drug-likeness (QED) is 0.645. The van der Waals surface area contributed by atoms with Gasteiger partial charge in [-0.2, -0.15) is 5.26 Å². The van der Waals surface area contributed by atoms with Crippen molar-refractivity contribution in [1.29, 1.82) is 5.26 Å². The van der Waals surface area contributed by atoms with E-state index in [-0.39, 0.29) is 11.6 Å². The zero-order chi connectivity index (χ0) is 15.8. The average molecular weight is 288 g/mol. The zero-order valence-corrected chi connectivity index (χ0v) is 12.8. The number of rotatable bonds is 6. The summed E-state index contributed by atoms with van der Waals surface area (Å²) in [6.45, 7) is 3.85. The van der Waals surface area contributed by atoms with E-state index >= 15 is 0 Å². The highest BCUT2D eigenvalue weighted by atomic mass is 16.5. The van der Waals surface area contributed by atoms with Crippen LogP contribution in [0.15, 0.2) is 23.8 Å². The van der Waals surface area contributed by atoms with Crippen molar-refractivity contribution in [2.75, 3.05) is 14.2 Å². The van der Waals surface area contributed by atoms with Crippen molar-refractivity contribution in [1.82, 2.24) is 5.32 Å². The van der Waals surface area contributed by atoms with E-state index in [1.165, 1.54) is 13.2 Å². The minimum Gasteiger partial charge on any atom is -0.497 e. The molecule has 0 aliphatic heterocycles. The van der Waals surface area contributed by atoms with Crippen molar-refractivity contribution in [3.63, 3.8) is 0 Å². The summed E-state index contributed by atoms with van der Waals surface area (Å²) in [5.41, 5.74) is 0.648. The summed E-state index contributed by atoms with van der Waals surface area (Å²) in [6.07, 6.45) is 2.30. The highest BCUT2D eigenvalue weighted by molar-refractivity contribution is 6.02. The van der Waals surface area contributed by atoms with Gasteiger partial charge in [0, 0.05) is 11.6 Å². The van der Waals surface area contributed by atoms with Crippen LogP contribution < -0.4 is 14.8 Å². The molecule has 21 heavy (non-hydrogen) atoms. The van der Waals surface area contributed by atoms with Crippen molar-refractivity contribution in [2.24, 2.45) is 0 Å². The lowest BCUT2D eigenvalue weighted by molar-refractivity contribution is -0.117. The third kappa shape index (κ3) is 4.53. The third-order valence-corrected chi connectivity index (χ3v) is 3.09. The minimum absolute atomic E-state index is 0.0152. The molecule has 0 aliphatic carbocycles. The predicted molar refractivity (Wildman–Crippen MR) is 81.0 cm³/mol. The number of nitriles is 1. The van der Waals surface area contributed by atoms with Crippen LogP contribution in [0.5, 0.6) is 11.5 Å². The van der Waals surface area contributed by atoms with Gasteiger partial charge in [0.2, 0.25) is 0 Å². The van der Waals surface area contributed by atoms with Crippen LogP contribution in [0.3, 0.4) is 0 Å². The van der Waals surface area contributed by atoms with Crippen molar-refractivity contribution in [2.45, 2.75) is 26.3 Å². The summed E-state index contributed by atoms with van der Waals surface area (Å²) in [6, 6.07) is 7.13. The summed E-state index contributed by atoms with van der Waals surface area (Å²) in [7, 11) is 3.08. The number of nitrogens with zero attached hydrogens (tertiary/aromatic N) is 1. The lowest BCUT2D eigenvalue weighted by Crippen LogP contribution is -2.32. The smallest absolute Gasteiger partial charge is 0.262 e. The van der Waals surface area contributed by atoms with E-state index in [0.717, 1.165) is 6.42 Å². The van der Waals surface area contributed by atoms with E-state index in [9.17, 15) is 10.1 Å². The molecule has 0 fully saturated rings. The Labute approximate surface area is 125 Å². The number of hydrogen-bond acceptors (Lipinski definition) is 4. The zero-order valence-electron chi connectivity index (χ0n) is 12.8. The van der Waals surface area contributed by atoms with Gasteiger partial charge in [0.25, 0.3) is 5.91 Å². The van der Waals surface area contributed by atoms with Gasteiger partial charge in [-0.15, -0.1) is 0 Å². The van der Waals surface area contributed by atoms with Crippen molar-refractivity contribution >= 4 is 12.0 Å². The minimum atomic E-state index is -0.392. The molecular formula is C16H20N2O3. The van der Waals surface area contributed by atoms with E-state index in [0.29, 0.717) is 17.1 Å². The molecule has 1 rings (SSSR count). The van der Waals surface area contributed by atoms with Crippen molar-refractivity contribution in [3.8, 4) is 17.6 Å². The third-order valence-electron chi connectivity index (χ3n) is 3.09. The second-order valence-corrected chi connectivity index (χ2v) is 4.56. The van der Waals surface area contributed by atoms with Crippen LogP contribution in [0.1, 0.15) is 25.8 Å². The van der Waals surface area contributed by atoms with E-state index in [1.54, 1.807) is 25.3 Å². The normalized spacial score (nSPS) is 12.2. The largest absolute Gasteiger partial charge is 0.497 e. The van der Waals surface area contributed by atoms with Gasteiger partial charge in [-0.05, 0) is 37.6 Å². The maximum Gasteiger partial charge on any atom is 0.262 e. The SMILES string of the molecule is CC[C@@H](C)NC(=O)/C(C#N)=C/c1cc(OC)ccc1OC. The molecule has 0 bridgehead atoms. The summed E-state index contributed by atoms with van der Waals surface area (Å²) in [5.74, 6) is 0.804. The second-order valence-electron chi connectivity index (χ2n) is 4.56. The fraction of sp³-hybridized carbons (Fsp3) is 0.375. The van der Waals surface area contributed by atoms with Gasteiger partial charge in [-0.3, -0.25) is 4.79 Å². The number of benzene rings is 1. The molecule has 0 saturated heterocycles. The lowest BCUT2D eigenvalue weighted by Gasteiger charge is -2.11.